The van der Waals surface area contributed by atoms with Crippen LogP contribution in [0.15, 0.2) is 24.3 Å². The molecule has 0 aliphatic heterocycles. The second-order valence-electron chi connectivity index (χ2n) is 10.8. The van der Waals surface area contributed by atoms with E-state index in [4.69, 9.17) is 4.74 Å². The number of ether oxygens (including phenoxy) is 1. The van der Waals surface area contributed by atoms with Gasteiger partial charge in [0.1, 0.15) is 12.1 Å². The van der Waals surface area contributed by atoms with Crippen LogP contribution in [-0.4, -0.2) is 37.0 Å². The number of hydrogen-bond donors (Lipinski definition) is 2. The molecule has 1 aromatic rings. The quantitative estimate of drug-likeness (QED) is 0.297. The predicted octanol–water partition coefficient (Wildman–Crippen LogP) is 5.61. The molecule has 0 saturated heterocycles. The standard InChI is InChI=1S/C29H46N2O4/c1-7-8-9-10-21-11-13-22(14-12-21)23-15-17-24(18-16-23)27(32)30-25(19(2)3)28(33)31-26(20(4)5)29(34)35-6/h15-22,25-26H,7-14H2,1-6H3,(H,30,32)(H,31,33)/t21?,22?,25-,26-/m1/s1. The summed E-state index contributed by atoms with van der Waals surface area (Å²) in [6.45, 7) is 9.67. The van der Waals surface area contributed by atoms with E-state index in [9.17, 15) is 14.4 Å². The van der Waals surface area contributed by atoms with E-state index < -0.39 is 18.1 Å². The number of carbonyl (C=O) groups is 3. The molecule has 2 atom stereocenters. The molecule has 1 fully saturated rings. The first-order chi connectivity index (χ1) is 16.7. The summed E-state index contributed by atoms with van der Waals surface area (Å²) in [6, 6.07) is 6.33. The Hall–Kier alpha value is -2.37. The topological polar surface area (TPSA) is 84.5 Å². The normalized spacial score (nSPS) is 19.8. The van der Waals surface area contributed by atoms with Crippen LogP contribution in [-0.2, 0) is 14.3 Å². The Labute approximate surface area is 212 Å². The molecule has 0 spiro atoms. The Bertz CT molecular complexity index is 810. The lowest BCUT2D eigenvalue weighted by Gasteiger charge is -2.29. The number of carbonyl (C=O) groups excluding carboxylic acids is 3. The first-order valence-electron chi connectivity index (χ1n) is 13.5. The number of esters is 1. The van der Waals surface area contributed by atoms with Gasteiger partial charge < -0.3 is 15.4 Å². The van der Waals surface area contributed by atoms with Gasteiger partial charge in [0.05, 0.1) is 7.11 Å². The van der Waals surface area contributed by atoms with Gasteiger partial charge >= 0.3 is 5.97 Å². The molecule has 1 saturated carbocycles. The monoisotopic (exact) mass is 486 g/mol. The van der Waals surface area contributed by atoms with Crippen LogP contribution in [0.25, 0.3) is 0 Å². The number of amides is 2. The average Bonchev–Trinajstić information content (AvgIpc) is 2.85. The number of methoxy groups -OCH3 is 1. The molecule has 35 heavy (non-hydrogen) atoms. The summed E-state index contributed by atoms with van der Waals surface area (Å²) >= 11 is 0. The molecule has 0 aromatic heterocycles. The van der Waals surface area contributed by atoms with Crippen molar-refractivity contribution in [2.45, 2.75) is 104 Å². The van der Waals surface area contributed by atoms with Crippen LogP contribution in [0.4, 0.5) is 0 Å². The first kappa shape index (κ1) is 28.9. The van der Waals surface area contributed by atoms with Crippen LogP contribution in [0.2, 0.25) is 0 Å². The Morgan fingerprint density at radius 1 is 0.886 bits per heavy atom. The lowest BCUT2D eigenvalue weighted by molar-refractivity contribution is -0.146. The van der Waals surface area contributed by atoms with Crippen molar-refractivity contribution in [2.75, 3.05) is 7.11 Å². The zero-order valence-corrected chi connectivity index (χ0v) is 22.6. The highest BCUT2D eigenvalue weighted by Crippen LogP contribution is 2.37. The fourth-order valence-corrected chi connectivity index (χ4v) is 5.00. The highest BCUT2D eigenvalue weighted by Gasteiger charge is 2.31. The zero-order valence-electron chi connectivity index (χ0n) is 22.6. The van der Waals surface area contributed by atoms with Crippen molar-refractivity contribution in [1.29, 1.82) is 0 Å². The minimum atomic E-state index is -0.758. The summed E-state index contributed by atoms with van der Waals surface area (Å²) in [4.78, 5) is 37.9. The van der Waals surface area contributed by atoms with Crippen molar-refractivity contribution in [2.24, 2.45) is 17.8 Å². The number of nitrogens with one attached hydrogen (secondary N) is 2. The SMILES string of the molecule is CCCCCC1CCC(c2ccc(C(=O)N[C@@H](C(=O)N[C@@H](C(=O)OC)C(C)C)C(C)C)cc2)CC1. The van der Waals surface area contributed by atoms with E-state index in [0.717, 1.165) is 5.92 Å². The van der Waals surface area contributed by atoms with Gasteiger partial charge in [-0.25, -0.2) is 4.79 Å². The van der Waals surface area contributed by atoms with E-state index in [1.165, 1.54) is 64.0 Å². The van der Waals surface area contributed by atoms with Crippen molar-refractivity contribution in [1.82, 2.24) is 10.6 Å². The number of benzene rings is 1. The van der Waals surface area contributed by atoms with Crippen molar-refractivity contribution in [3.05, 3.63) is 35.4 Å². The van der Waals surface area contributed by atoms with Crippen molar-refractivity contribution in [3.8, 4) is 0 Å². The molecule has 2 amide bonds. The summed E-state index contributed by atoms with van der Waals surface area (Å²) < 4.78 is 4.81. The van der Waals surface area contributed by atoms with Gasteiger partial charge in [-0.2, -0.15) is 0 Å². The van der Waals surface area contributed by atoms with Crippen LogP contribution < -0.4 is 10.6 Å². The maximum Gasteiger partial charge on any atom is 0.328 e. The Kier molecular flexibility index (Phi) is 11.8. The van der Waals surface area contributed by atoms with E-state index in [0.29, 0.717) is 11.5 Å². The van der Waals surface area contributed by atoms with E-state index in [-0.39, 0.29) is 23.7 Å². The van der Waals surface area contributed by atoms with Gasteiger partial charge in [-0.15, -0.1) is 0 Å². The van der Waals surface area contributed by atoms with Crippen LogP contribution in [0.1, 0.15) is 108 Å². The fraction of sp³-hybridized carbons (Fsp3) is 0.690. The minimum Gasteiger partial charge on any atom is -0.467 e. The van der Waals surface area contributed by atoms with Gasteiger partial charge in [-0.3, -0.25) is 9.59 Å². The number of rotatable bonds is 12. The zero-order chi connectivity index (χ0) is 26.0. The third-order valence-corrected chi connectivity index (χ3v) is 7.36. The van der Waals surface area contributed by atoms with Crippen LogP contribution in [0.5, 0.6) is 0 Å². The third-order valence-electron chi connectivity index (χ3n) is 7.36. The second-order valence-corrected chi connectivity index (χ2v) is 10.8. The minimum absolute atomic E-state index is 0.131. The molecule has 0 heterocycles. The van der Waals surface area contributed by atoms with Crippen LogP contribution in [0, 0.1) is 17.8 Å². The summed E-state index contributed by atoms with van der Waals surface area (Å²) in [6.07, 6.45) is 10.4. The molecule has 1 aliphatic rings. The van der Waals surface area contributed by atoms with Gasteiger partial charge in [-0.1, -0.05) is 72.4 Å². The molecule has 0 radical (unpaired) electrons. The molecule has 196 valence electrons. The molecule has 6 heteroatoms. The molecule has 2 rings (SSSR count). The van der Waals surface area contributed by atoms with Gasteiger partial charge in [0, 0.05) is 5.56 Å². The van der Waals surface area contributed by atoms with Crippen molar-refractivity contribution < 1.29 is 19.1 Å². The smallest absolute Gasteiger partial charge is 0.328 e. The third kappa shape index (κ3) is 8.66. The van der Waals surface area contributed by atoms with Gasteiger partial charge in [0.25, 0.3) is 5.91 Å². The number of hydrogen-bond acceptors (Lipinski definition) is 4. The molecule has 1 aromatic carbocycles. The highest BCUT2D eigenvalue weighted by atomic mass is 16.5. The van der Waals surface area contributed by atoms with E-state index in [1.54, 1.807) is 0 Å². The van der Waals surface area contributed by atoms with Crippen molar-refractivity contribution >= 4 is 17.8 Å². The Morgan fingerprint density at radius 3 is 2.00 bits per heavy atom. The van der Waals surface area contributed by atoms with Crippen LogP contribution in [0.3, 0.4) is 0 Å². The molecule has 6 nitrogen and oxygen atoms in total. The Balaban J connectivity index is 1.96. The molecular weight excluding hydrogens is 440 g/mol. The molecule has 0 bridgehead atoms. The lowest BCUT2D eigenvalue weighted by atomic mass is 9.77. The molecule has 1 aliphatic carbocycles. The van der Waals surface area contributed by atoms with Crippen LogP contribution >= 0.6 is 0 Å². The average molecular weight is 487 g/mol. The summed E-state index contributed by atoms with van der Waals surface area (Å²) in [5, 5.41) is 5.61. The fourth-order valence-electron chi connectivity index (χ4n) is 5.00. The van der Waals surface area contributed by atoms with E-state index in [1.807, 2.05) is 39.8 Å². The van der Waals surface area contributed by atoms with Crippen molar-refractivity contribution in [3.63, 3.8) is 0 Å². The molecular formula is C29H46N2O4. The van der Waals surface area contributed by atoms with Gasteiger partial charge in [-0.05, 0) is 67.1 Å². The first-order valence-corrected chi connectivity index (χ1v) is 13.5. The predicted molar refractivity (Wildman–Crippen MR) is 140 cm³/mol. The summed E-state index contributed by atoms with van der Waals surface area (Å²) in [7, 11) is 1.30. The van der Waals surface area contributed by atoms with E-state index in [2.05, 4.69) is 29.7 Å². The second kappa shape index (κ2) is 14.3. The summed E-state index contributed by atoms with van der Waals surface area (Å²) in [5.41, 5.74) is 1.83. The Morgan fingerprint density at radius 2 is 1.49 bits per heavy atom. The van der Waals surface area contributed by atoms with Gasteiger partial charge in [0.15, 0.2) is 0 Å². The van der Waals surface area contributed by atoms with E-state index >= 15 is 0 Å². The molecule has 0 unspecified atom stereocenters. The maximum atomic E-state index is 12.9. The molecule has 2 N–H and O–H groups in total. The summed E-state index contributed by atoms with van der Waals surface area (Å²) in [5.74, 6) is -0.00163. The maximum absolute atomic E-state index is 12.9. The van der Waals surface area contributed by atoms with Gasteiger partial charge in [0.2, 0.25) is 5.91 Å². The lowest BCUT2D eigenvalue weighted by Crippen LogP contribution is -2.55. The number of unbranched alkanes of at least 4 members (excludes halogenated alkanes) is 2. The largest absolute Gasteiger partial charge is 0.467 e. The highest BCUT2D eigenvalue weighted by molar-refractivity contribution is 5.98.